The zero-order valence-corrected chi connectivity index (χ0v) is 6.21. The molecule has 0 aromatic heterocycles. The standard InChI is InChI=1S/Mg.Mn.Ni.3O/q3*+2;3*-2. The van der Waals surface area contributed by atoms with E-state index in [1.54, 1.807) is 0 Å². The van der Waals surface area contributed by atoms with Crippen LogP contribution in [0.25, 0.3) is 0 Å². The smallest absolute Gasteiger partial charge is 2.00 e. The molecule has 0 aliphatic rings. The van der Waals surface area contributed by atoms with Crippen molar-refractivity contribution in [2.75, 3.05) is 0 Å². The fourth-order valence-electron chi connectivity index (χ4n) is 0. The molecule has 0 aromatic carbocycles. The van der Waals surface area contributed by atoms with Crippen molar-refractivity contribution >= 4 is 23.1 Å². The maximum absolute atomic E-state index is 0. The zero-order chi connectivity index (χ0) is 0. The molecular weight excluding hydrogens is 186 g/mol. The molecule has 3 nitrogen and oxygen atoms in total. The molecule has 0 rings (SSSR count). The van der Waals surface area contributed by atoms with Crippen LogP contribution in [-0.2, 0) is 50.0 Å². The average molecular weight is 186 g/mol. The first-order valence-electron chi connectivity index (χ1n) is 0. The van der Waals surface area contributed by atoms with Crippen molar-refractivity contribution in [3.63, 3.8) is 0 Å². The topological polar surface area (TPSA) is 85.5 Å². The maximum Gasteiger partial charge on any atom is 2.00 e. The van der Waals surface area contributed by atoms with Crippen molar-refractivity contribution in [1.29, 1.82) is 0 Å². The minimum atomic E-state index is 0. The molecule has 0 aromatic rings. The third-order valence-electron chi connectivity index (χ3n) is 0. The molecule has 37 valence electrons. The molecule has 0 unspecified atom stereocenters. The molecule has 6 heteroatoms. The van der Waals surface area contributed by atoms with Crippen molar-refractivity contribution in [2.24, 2.45) is 0 Å². The fourth-order valence-corrected chi connectivity index (χ4v) is 0. The maximum atomic E-state index is 0. The Morgan fingerprint density at radius 3 is 0.667 bits per heavy atom. The van der Waals surface area contributed by atoms with Crippen molar-refractivity contribution in [3.05, 3.63) is 0 Å². The quantitative estimate of drug-likeness (QED) is 0.446. The second kappa shape index (κ2) is 77.5. The SMILES string of the molecule is [Mg+2].[Mn+2].[Ni+2].[O-2].[O-2].[O-2]. The third-order valence-corrected chi connectivity index (χ3v) is 0. The van der Waals surface area contributed by atoms with Gasteiger partial charge in [-0.1, -0.05) is 0 Å². The Labute approximate surface area is 72.7 Å². The second-order valence-corrected chi connectivity index (χ2v) is 0. The van der Waals surface area contributed by atoms with E-state index in [-0.39, 0.29) is 73.0 Å². The Hall–Kier alpha value is 1.66. The molecule has 0 aliphatic carbocycles. The van der Waals surface area contributed by atoms with Crippen LogP contribution in [0, 0.1) is 0 Å². The van der Waals surface area contributed by atoms with Crippen molar-refractivity contribution in [2.45, 2.75) is 0 Å². The van der Waals surface area contributed by atoms with Gasteiger partial charge in [-0.15, -0.1) is 0 Å². The van der Waals surface area contributed by atoms with Gasteiger partial charge in [0.05, 0.1) is 0 Å². The molecule has 0 fully saturated rings. The fraction of sp³-hybridized carbons (Fsp3) is 0. The molecule has 0 heterocycles. The Bertz CT molecular complexity index is 10.8. The van der Waals surface area contributed by atoms with Gasteiger partial charge < -0.3 is 16.4 Å². The molecule has 1 radical (unpaired) electrons. The molecule has 6 heavy (non-hydrogen) atoms. The summed E-state index contributed by atoms with van der Waals surface area (Å²) < 4.78 is 0. The van der Waals surface area contributed by atoms with Crippen LogP contribution in [0.1, 0.15) is 0 Å². The van der Waals surface area contributed by atoms with E-state index in [9.17, 15) is 0 Å². The largest absolute Gasteiger partial charge is 2.00 e. The molecular formula is MgMnNiO3. The van der Waals surface area contributed by atoms with Gasteiger partial charge in [-0.2, -0.15) is 0 Å². The second-order valence-electron chi connectivity index (χ2n) is 0. The van der Waals surface area contributed by atoms with Crippen LogP contribution < -0.4 is 0 Å². The minimum absolute atomic E-state index is 0. The molecule has 0 N–H and O–H groups in total. The van der Waals surface area contributed by atoms with Gasteiger partial charge in [0.25, 0.3) is 0 Å². The summed E-state index contributed by atoms with van der Waals surface area (Å²) in [6.07, 6.45) is 0. The van der Waals surface area contributed by atoms with E-state index in [0.717, 1.165) is 0 Å². The van der Waals surface area contributed by atoms with Gasteiger partial charge in [0.1, 0.15) is 0 Å². The van der Waals surface area contributed by atoms with Crippen molar-refractivity contribution < 1.29 is 50.0 Å². The van der Waals surface area contributed by atoms with Gasteiger partial charge in [0, 0.05) is 0 Å². The Kier molecular flexibility index (Phi) is 1590. The predicted molar refractivity (Wildman–Crippen MR) is 7.81 cm³/mol. The van der Waals surface area contributed by atoms with Gasteiger partial charge in [0.15, 0.2) is 0 Å². The summed E-state index contributed by atoms with van der Waals surface area (Å²) in [5.74, 6) is 0. The summed E-state index contributed by atoms with van der Waals surface area (Å²) in [6.45, 7) is 0. The first kappa shape index (κ1) is 123. The average Bonchev–Trinajstić information content (AvgIpc) is 0. The van der Waals surface area contributed by atoms with E-state index in [1.165, 1.54) is 0 Å². The Balaban J connectivity index is 0. The molecule has 0 spiro atoms. The van der Waals surface area contributed by atoms with Gasteiger partial charge in [0.2, 0.25) is 0 Å². The summed E-state index contributed by atoms with van der Waals surface area (Å²) in [6, 6.07) is 0. The van der Waals surface area contributed by atoms with E-state index in [0.29, 0.717) is 0 Å². The molecule has 0 bridgehead atoms. The summed E-state index contributed by atoms with van der Waals surface area (Å²) >= 11 is 0. The van der Waals surface area contributed by atoms with Gasteiger partial charge in [-0.3, -0.25) is 0 Å². The zero-order valence-electron chi connectivity index (χ0n) is 2.63. The first-order valence-corrected chi connectivity index (χ1v) is 0. The molecule has 0 aliphatic heterocycles. The van der Waals surface area contributed by atoms with Crippen LogP contribution >= 0.6 is 0 Å². The Morgan fingerprint density at radius 1 is 0.667 bits per heavy atom. The summed E-state index contributed by atoms with van der Waals surface area (Å²) in [4.78, 5) is 0. The van der Waals surface area contributed by atoms with Crippen molar-refractivity contribution in [3.8, 4) is 0 Å². The summed E-state index contributed by atoms with van der Waals surface area (Å²) in [7, 11) is 0. The van der Waals surface area contributed by atoms with Gasteiger partial charge in [-0.25, -0.2) is 0 Å². The first-order chi connectivity index (χ1) is 0. The number of rotatable bonds is 0. The van der Waals surface area contributed by atoms with Gasteiger partial charge >= 0.3 is 56.6 Å². The van der Waals surface area contributed by atoms with Gasteiger partial charge in [-0.05, 0) is 0 Å². The van der Waals surface area contributed by atoms with Crippen molar-refractivity contribution in [1.82, 2.24) is 0 Å². The summed E-state index contributed by atoms with van der Waals surface area (Å²) in [5, 5.41) is 0. The van der Waals surface area contributed by atoms with E-state index in [4.69, 9.17) is 0 Å². The number of hydrogen-bond donors (Lipinski definition) is 0. The van der Waals surface area contributed by atoms with Crippen LogP contribution in [0.5, 0.6) is 0 Å². The minimum Gasteiger partial charge on any atom is -2.00 e. The van der Waals surface area contributed by atoms with E-state index in [1.807, 2.05) is 0 Å². The monoisotopic (exact) mass is 185 g/mol. The number of hydrogen-bond acceptors (Lipinski definition) is 0. The van der Waals surface area contributed by atoms with E-state index in [2.05, 4.69) is 0 Å². The molecule has 0 amide bonds. The summed E-state index contributed by atoms with van der Waals surface area (Å²) in [5.41, 5.74) is 0. The normalized spacial score (nSPS) is 0. The Morgan fingerprint density at radius 2 is 0.667 bits per heavy atom. The van der Waals surface area contributed by atoms with Crippen LogP contribution in [0.3, 0.4) is 0 Å². The molecule has 0 saturated carbocycles. The van der Waals surface area contributed by atoms with Crippen LogP contribution in [0.2, 0.25) is 0 Å². The van der Waals surface area contributed by atoms with Crippen LogP contribution in [0.15, 0.2) is 0 Å². The molecule has 0 atom stereocenters. The third kappa shape index (κ3) is 44.6. The van der Waals surface area contributed by atoms with Crippen LogP contribution in [0.4, 0.5) is 0 Å². The van der Waals surface area contributed by atoms with E-state index < -0.39 is 0 Å². The van der Waals surface area contributed by atoms with E-state index >= 15 is 0 Å². The molecule has 0 saturated heterocycles. The predicted octanol–water partition coefficient (Wildman–Crippen LogP) is -0.742. The van der Waals surface area contributed by atoms with Crippen LogP contribution in [-0.4, -0.2) is 23.1 Å².